The third-order valence-electron chi connectivity index (χ3n) is 5.79. The fourth-order valence-electron chi connectivity index (χ4n) is 3.63. The minimum absolute atomic E-state index is 0.0529. The summed E-state index contributed by atoms with van der Waals surface area (Å²) in [6.07, 6.45) is 4.40. The van der Waals surface area contributed by atoms with Crippen LogP contribution in [0.2, 0.25) is 0 Å². The third-order valence-corrected chi connectivity index (χ3v) is 5.79. The summed E-state index contributed by atoms with van der Waals surface area (Å²) in [6, 6.07) is -3.84. The van der Waals surface area contributed by atoms with Gasteiger partial charge in [-0.1, -0.05) is 48.0 Å². The molecule has 0 aliphatic carbocycles. The predicted molar refractivity (Wildman–Crippen MR) is 132 cm³/mol. The van der Waals surface area contributed by atoms with Crippen molar-refractivity contribution in [3.63, 3.8) is 0 Å². The highest BCUT2D eigenvalue weighted by atomic mass is 16.4. The number of rotatable bonds is 15. The molecule has 0 saturated heterocycles. The number of hydrogen-bond donors (Lipinski definition) is 6. The van der Waals surface area contributed by atoms with Gasteiger partial charge in [0.2, 0.25) is 17.7 Å². The Kier molecular flexibility index (Phi) is 12.4. The van der Waals surface area contributed by atoms with Crippen molar-refractivity contribution in [3.8, 4) is 0 Å². The van der Waals surface area contributed by atoms with Crippen LogP contribution in [0.5, 0.6) is 0 Å². The molecule has 0 aliphatic rings. The lowest BCUT2D eigenvalue weighted by atomic mass is 9.96. The highest BCUT2D eigenvalue weighted by Gasteiger charge is 2.33. The maximum absolute atomic E-state index is 13.3. The van der Waals surface area contributed by atoms with Gasteiger partial charge in [-0.05, 0) is 30.6 Å². The quantitative estimate of drug-likeness (QED) is 0.210. The van der Waals surface area contributed by atoms with Crippen LogP contribution < -0.4 is 21.7 Å². The van der Waals surface area contributed by atoms with Crippen molar-refractivity contribution in [2.45, 2.75) is 91.4 Å². The van der Waals surface area contributed by atoms with Crippen LogP contribution in [0.15, 0.2) is 12.5 Å². The van der Waals surface area contributed by atoms with E-state index in [-0.39, 0.29) is 30.6 Å². The maximum atomic E-state index is 13.3. The van der Waals surface area contributed by atoms with Gasteiger partial charge in [-0.3, -0.25) is 14.4 Å². The zero-order chi connectivity index (χ0) is 26.7. The number of carbonyl (C=O) groups is 4. The first kappa shape index (κ1) is 30.1. The van der Waals surface area contributed by atoms with Crippen molar-refractivity contribution < 1.29 is 24.3 Å². The second-order valence-electron chi connectivity index (χ2n) is 9.98. The van der Waals surface area contributed by atoms with Crippen molar-refractivity contribution in [2.75, 3.05) is 0 Å². The van der Waals surface area contributed by atoms with Crippen LogP contribution in [0.1, 0.15) is 66.5 Å². The van der Waals surface area contributed by atoms with Crippen molar-refractivity contribution in [1.29, 1.82) is 0 Å². The van der Waals surface area contributed by atoms with Gasteiger partial charge >= 0.3 is 5.97 Å². The Morgan fingerprint density at radius 1 is 0.943 bits per heavy atom. The van der Waals surface area contributed by atoms with Crippen LogP contribution in [-0.2, 0) is 25.6 Å². The molecule has 0 radical (unpaired) electrons. The molecule has 11 heteroatoms. The summed E-state index contributed by atoms with van der Waals surface area (Å²) in [7, 11) is 0. The smallest absolute Gasteiger partial charge is 0.326 e. The number of nitrogens with two attached hydrogens (primary N) is 1. The molecule has 5 unspecified atom stereocenters. The second-order valence-corrected chi connectivity index (χ2v) is 9.98. The number of nitrogens with zero attached hydrogens (tertiary/aromatic N) is 1. The van der Waals surface area contributed by atoms with Gasteiger partial charge in [-0.15, -0.1) is 0 Å². The van der Waals surface area contributed by atoms with E-state index in [1.165, 1.54) is 6.33 Å². The van der Waals surface area contributed by atoms with E-state index in [0.29, 0.717) is 18.5 Å². The van der Waals surface area contributed by atoms with E-state index in [4.69, 9.17) is 5.73 Å². The predicted octanol–water partition coefficient (Wildman–Crippen LogP) is 0.957. The van der Waals surface area contributed by atoms with E-state index in [0.717, 1.165) is 0 Å². The van der Waals surface area contributed by atoms with Crippen LogP contribution in [0.25, 0.3) is 0 Å². The maximum Gasteiger partial charge on any atom is 0.326 e. The molecule has 0 saturated carbocycles. The summed E-state index contributed by atoms with van der Waals surface area (Å²) in [4.78, 5) is 57.5. The van der Waals surface area contributed by atoms with Crippen LogP contribution in [0, 0.1) is 17.8 Å². The Morgan fingerprint density at radius 3 is 2.03 bits per heavy atom. The Morgan fingerprint density at radius 2 is 1.54 bits per heavy atom. The zero-order valence-corrected chi connectivity index (χ0v) is 21.6. The van der Waals surface area contributed by atoms with E-state index in [1.807, 2.05) is 34.6 Å². The van der Waals surface area contributed by atoms with Gasteiger partial charge in [0, 0.05) is 18.3 Å². The lowest BCUT2D eigenvalue weighted by Crippen LogP contribution is -2.59. The summed E-state index contributed by atoms with van der Waals surface area (Å²) in [5, 5.41) is 17.5. The number of H-pyrrole nitrogens is 1. The minimum Gasteiger partial charge on any atom is -0.480 e. The highest BCUT2D eigenvalue weighted by Crippen LogP contribution is 2.12. The topological polar surface area (TPSA) is 179 Å². The number of hydrogen-bond acceptors (Lipinski definition) is 6. The minimum atomic E-state index is -1.13. The summed E-state index contributed by atoms with van der Waals surface area (Å²) < 4.78 is 0. The summed E-state index contributed by atoms with van der Waals surface area (Å²) in [5.41, 5.74) is 6.62. The summed E-state index contributed by atoms with van der Waals surface area (Å²) in [5.74, 6) is -2.78. The zero-order valence-electron chi connectivity index (χ0n) is 21.6. The Balaban J connectivity index is 3.07. The first-order valence-corrected chi connectivity index (χ1v) is 12.2. The number of carboxylic acids is 1. The molecule has 0 bridgehead atoms. The van der Waals surface area contributed by atoms with Crippen molar-refractivity contribution in [1.82, 2.24) is 25.9 Å². The molecule has 0 spiro atoms. The van der Waals surface area contributed by atoms with Gasteiger partial charge in [0.15, 0.2) is 0 Å². The number of aromatic amines is 1. The number of imidazole rings is 1. The molecule has 11 nitrogen and oxygen atoms in total. The molecular weight excluding hydrogens is 452 g/mol. The lowest BCUT2D eigenvalue weighted by Gasteiger charge is -2.28. The van der Waals surface area contributed by atoms with Gasteiger partial charge in [-0.2, -0.15) is 0 Å². The molecule has 7 N–H and O–H groups in total. The average molecular weight is 495 g/mol. The van der Waals surface area contributed by atoms with Crippen LogP contribution in [0.3, 0.4) is 0 Å². The molecule has 198 valence electrons. The highest BCUT2D eigenvalue weighted by molar-refractivity contribution is 5.94. The molecule has 0 aliphatic heterocycles. The van der Waals surface area contributed by atoms with Gasteiger partial charge < -0.3 is 31.8 Å². The van der Waals surface area contributed by atoms with Crippen molar-refractivity contribution in [2.24, 2.45) is 23.5 Å². The number of amides is 3. The van der Waals surface area contributed by atoms with E-state index >= 15 is 0 Å². The fourth-order valence-corrected chi connectivity index (χ4v) is 3.63. The molecule has 3 amide bonds. The standard InChI is InChI=1S/C24H42N6O5/c1-7-15(6)20(23(33)29-19(24(34)35)9-14(4)5)30-22(32)18(10-16-11-26-12-27-16)28-21(31)17(25)8-13(2)3/h11-15,17-20H,7-10,25H2,1-6H3,(H,26,27)(H,28,31)(H,29,33)(H,30,32)(H,34,35). The largest absolute Gasteiger partial charge is 0.480 e. The first-order valence-electron chi connectivity index (χ1n) is 12.2. The number of carboxylic acid groups (broad SMARTS) is 1. The normalized spacial score (nSPS) is 15.7. The monoisotopic (exact) mass is 494 g/mol. The van der Waals surface area contributed by atoms with Gasteiger partial charge in [0.05, 0.1) is 12.4 Å². The average Bonchev–Trinajstić information content (AvgIpc) is 3.27. The van der Waals surface area contributed by atoms with E-state index in [1.54, 1.807) is 13.1 Å². The van der Waals surface area contributed by atoms with Crippen molar-refractivity contribution >= 4 is 23.7 Å². The summed E-state index contributed by atoms with van der Waals surface area (Å²) >= 11 is 0. The first-order chi connectivity index (χ1) is 16.3. The molecule has 1 aromatic heterocycles. The molecule has 35 heavy (non-hydrogen) atoms. The fraction of sp³-hybridized carbons (Fsp3) is 0.708. The van der Waals surface area contributed by atoms with Gasteiger partial charge in [0.25, 0.3) is 0 Å². The third kappa shape index (κ3) is 10.5. The van der Waals surface area contributed by atoms with Crippen molar-refractivity contribution in [3.05, 3.63) is 18.2 Å². The Bertz CT molecular complexity index is 826. The molecule has 0 fully saturated rings. The number of carbonyl (C=O) groups excluding carboxylic acids is 3. The van der Waals surface area contributed by atoms with E-state index in [9.17, 15) is 24.3 Å². The van der Waals surface area contributed by atoms with E-state index < -0.39 is 47.9 Å². The number of aliphatic carboxylic acids is 1. The Hall–Kier alpha value is -2.95. The van der Waals surface area contributed by atoms with Gasteiger partial charge in [-0.25, -0.2) is 9.78 Å². The summed E-state index contributed by atoms with van der Waals surface area (Å²) in [6.45, 7) is 11.3. The lowest BCUT2D eigenvalue weighted by molar-refractivity contribution is -0.143. The van der Waals surface area contributed by atoms with E-state index in [2.05, 4.69) is 25.9 Å². The Labute approximate surface area is 207 Å². The van der Waals surface area contributed by atoms with Gasteiger partial charge in [0.1, 0.15) is 18.1 Å². The SMILES string of the molecule is CCC(C)C(NC(=O)C(Cc1cnc[nH]1)NC(=O)C(N)CC(C)C)C(=O)NC(CC(C)C)C(=O)O. The molecule has 1 rings (SSSR count). The molecule has 1 heterocycles. The van der Waals surface area contributed by atoms with Crippen LogP contribution in [-0.4, -0.2) is 62.9 Å². The molecular formula is C24H42N6O5. The molecule has 5 atom stereocenters. The van der Waals surface area contributed by atoms with Crippen LogP contribution >= 0.6 is 0 Å². The molecule has 1 aromatic rings. The molecule has 0 aromatic carbocycles. The second kappa shape index (κ2) is 14.4. The number of aromatic nitrogens is 2. The number of nitrogens with one attached hydrogen (secondary N) is 4. The van der Waals surface area contributed by atoms with Crippen LogP contribution in [0.4, 0.5) is 0 Å².